The predicted octanol–water partition coefficient (Wildman–Crippen LogP) is 2.99. The van der Waals surface area contributed by atoms with Crippen molar-refractivity contribution in [2.75, 3.05) is 26.8 Å². The third kappa shape index (κ3) is 6.58. The highest BCUT2D eigenvalue weighted by Gasteiger charge is 2.30. The van der Waals surface area contributed by atoms with Crippen molar-refractivity contribution in [3.05, 3.63) is 59.7 Å². The summed E-state index contributed by atoms with van der Waals surface area (Å²) < 4.78 is 48.5. The molecule has 2 N–H and O–H groups in total. The first-order chi connectivity index (χ1) is 13.3. The molecule has 0 aliphatic rings. The van der Waals surface area contributed by atoms with Gasteiger partial charge >= 0.3 is 6.18 Å². The van der Waals surface area contributed by atoms with Gasteiger partial charge in [-0.25, -0.2) is 0 Å². The molecule has 0 heterocycles. The molecule has 2 aromatic carbocycles. The van der Waals surface area contributed by atoms with E-state index in [-0.39, 0.29) is 29.5 Å². The van der Waals surface area contributed by atoms with Gasteiger partial charge in [-0.3, -0.25) is 9.59 Å². The number of hydrogen-bond donors (Lipinski definition) is 2. The fourth-order valence-electron chi connectivity index (χ4n) is 2.19. The van der Waals surface area contributed by atoms with Crippen molar-refractivity contribution in [2.24, 2.45) is 0 Å². The van der Waals surface area contributed by atoms with Crippen LogP contribution in [0.4, 0.5) is 13.2 Å². The second-order valence-corrected chi connectivity index (χ2v) is 5.68. The summed E-state index contributed by atoms with van der Waals surface area (Å²) in [5.74, 6) is -0.709. The lowest BCUT2D eigenvalue weighted by molar-refractivity contribution is -0.137. The molecule has 0 saturated carbocycles. The van der Waals surface area contributed by atoms with Crippen molar-refractivity contribution in [3.8, 4) is 11.5 Å². The number of carbonyl (C=O) groups excluding carboxylic acids is 2. The van der Waals surface area contributed by atoms with Gasteiger partial charge in [0.15, 0.2) is 0 Å². The Kier molecular flexibility index (Phi) is 7.39. The highest BCUT2D eigenvalue weighted by Crippen LogP contribution is 2.32. The highest BCUT2D eigenvalue weighted by molar-refractivity contribution is 5.96. The lowest BCUT2D eigenvalue weighted by atomic mass is 10.2. The van der Waals surface area contributed by atoms with Gasteiger partial charge in [0.2, 0.25) is 5.91 Å². The zero-order valence-electron chi connectivity index (χ0n) is 15.0. The number of benzene rings is 2. The molecule has 2 rings (SSSR count). The average molecular weight is 396 g/mol. The smallest absolute Gasteiger partial charge is 0.416 e. The van der Waals surface area contributed by atoms with E-state index in [1.54, 1.807) is 0 Å². The molecule has 6 nitrogen and oxygen atoms in total. The van der Waals surface area contributed by atoms with E-state index < -0.39 is 17.6 Å². The monoisotopic (exact) mass is 396 g/mol. The van der Waals surface area contributed by atoms with Crippen LogP contribution < -0.4 is 15.4 Å². The number of carbonyl (C=O) groups is 2. The van der Waals surface area contributed by atoms with Crippen LogP contribution in [0.5, 0.6) is 11.5 Å². The van der Waals surface area contributed by atoms with Gasteiger partial charge in [-0.15, -0.1) is 0 Å². The maximum atomic E-state index is 12.8. The van der Waals surface area contributed by atoms with Crippen LogP contribution >= 0.6 is 0 Å². The summed E-state index contributed by atoms with van der Waals surface area (Å²) >= 11 is 0. The summed E-state index contributed by atoms with van der Waals surface area (Å²) in [4.78, 5) is 23.7. The molecule has 0 atom stereocenters. The number of rotatable bonds is 8. The van der Waals surface area contributed by atoms with Crippen molar-refractivity contribution >= 4 is 11.8 Å². The van der Waals surface area contributed by atoms with Crippen molar-refractivity contribution in [1.29, 1.82) is 0 Å². The minimum absolute atomic E-state index is 0.00935. The Hall–Kier alpha value is -3.07. The van der Waals surface area contributed by atoms with Gasteiger partial charge in [0.25, 0.3) is 5.91 Å². The summed E-state index contributed by atoms with van der Waals surface area (Å²) in [6.45, 7) is 0.460. The number of methoxy groups -OCH3 is 1. The predicted molar refractivity (Wildman–Crippen MR) is 95.2 cm³/mol. The molecule has 2 aromatic rings. The Morgan fingerprint density at radius 2 is 1.68 bits per heavy atom. The summed E-state index contributed by atoms with van der Waals surface area (Å²) in [6.07, 6.45) is -4.48. The number of hydrogen-bond acceptors (Lipinski definition) is 4. The molecule has 0 fully saturated rings. The van der Waals surface area contributed by atoms with Gasteiger partial charge in [-0.1, -0.05) is 12.1 Å². The van der Waals surface area contributed by atoms with E-state index in [9.17, 15) is 22.8 Å². The molecule has 0 radical (unpaired) electrons. The summed E-state index contributed by atoms with van der Waals surface area (Å²) in [6, 6.07) is 10.3. The molecule has 0 spiro atoms. The van der Waals surface area contributed by atoms with Crippen molar-refractivity contribution in [3.63, 3.8) is 0 Å². The molecule has 0 saturated heterocycles. The topological polar surface area (TPSA) is 76.7 Å². The molecular formula is C19H19F3N2O4. The molecule has 150 valence electrons. The van der Waals surface area contributed by atoms with Gasteiger partial charge in [0, 0.05) is 19.2 Å². The largest absolute Gasteiger partial charge is 0.457 e. The van der Waals surface area contributed by atoms with Gasteiger partial charge in [-0.05, 0) is 36.4 Å². The number of amides is 2. The fourth-order valence-corrected chi connectivity index (χ4v) is 2.19. The van der Waals surface area contributed by atoms with Gasteiger partial charge < -0.3 is 20.1 Å². The number of alkyl halides is 3. The highest BCUT2D eigenvalue weighted by atomic mass is 19.4. The Labute approximate surface area is 159 Å². The zero-order valence-corrected chi connectivity index (χ0v) is 15.0. The van der Waals surface area contributed by atoms with E-state index in [0.29, 0.717) is 13.2 Å². The van der Waals surface area contributed by atoms with Crippen LogP contribution in [-0.2, 0) is 15.7 Å². The molecule has 0 unspecified atom stereocenters. The van der Waals surface area contributed by atoms with Crippen molar-refractivity contribution < 1.29 is 32.2 Å². The number of halogens is 3. The van der Waals surface area contributed by atoms with Crippen LogP contribution in [0, 0.1) is 0 Å². The number of ether oxygens (including phenoxy) is 2. The van der Waals surface area contributed by atoms with Crippen LogP contribution in [0.2, 0.25) is 0 Å². The van der Waals surface area contributed by atoms with Gasteiger partial charge in [-0.2, -0.15) is 13.2 Å². The van der Waals surface area contributed by atoms with E-state index >= 15 is 0 Å². The second kappa shape index (κ2) is 9.75. The maximum Gasteiger partial charge on any atom is 0.416 e. The lowest BCUT2D eigenvalue weighted by Gasteiger charge is -2.11. The maximum absolute atomic E-state index is 12.8. The first-order valence-corrected chi connectivity index (χ1v) is 8.28. The van der Waals surface area contributed by atoms with Crippen molar-refractivity contribution in [2.45, 2.75) is 6.18 Å². The molecule has 0 bridgehead atoms. The first-order valence-electron chi connectivity index (χ1n) is 8.28. The summed E-state index contributed by atoms with van der Waals surface area (Å²) in [7, 11) is 1.50. The molecule has 0 aliphatic carbocycles. The van der Waals surface area contributed by atoms with Crippen LogP contribution in [0.3, 0.4) is 0 Å². The molecule has 0 aromatic heterocycles. The van der Waals surface area contributed by atoms with Crippen LogP contribution in [-0.4, -0.2) is 38.6 Å². The van der Waals surface area contributed by atoms with E-state index in [2.05, 4.69) is 10.6 Å². The standard InChI is InChI=1S/C19H19F3N2O4/c1-27-9-8-23-17(25)12-24-18(26)13-4-2-6-15(10-13)28-16-7-3-5-14(11-16)19(20,21)22/h2-7,10-11H,8-9,12H2,1H3,(H,23,25)(H,24,26). The minimum Gasteiger partial charge on any atom is -0.457 e. The van der Waals surface area contributed by atoms with Gasteiger partial charge in [0.05, 0.1) is 18.7 Å². The number of nitrogens with one attached hydrogen (secondary N) is 2. The third-order valence-electron chi connectivity index (χ3n) is 3.53. The zero-order chi connectivity index (χ0) is 20.6. The van der Waals surface area contributed by atoms with Crippen LogP contribution in [0.25, 0.3) is 0 Å². The van der Waals surface area contributed by atoms with Crippen LogP contribution in [0.15, 0.2) is 48.5 Å². The Balaban J connectivity index is 1.98. The van der Waals surface area contributed by atoms with E-state index in [0.717, 1.165) is 12.1 Å². The Morgan fingerprint density at radius 3 is 2.36 bits per heavy atom. The summed E-state index contributed by atoms with van der Waals surface area (Å²) in [5, 5.41) is 5.01. The van der Waals surface area contributed by atoms with E-state index in [1.807, 2.05) is 0 Å². The quantitative estimate of drug-likeness (QED) is 0.673. The SMILES string of the molecule is COCCNC(=O)CNC(=O)c1cccc(Oc2cccc(C(F)(F)F)c2)c1. The molecule has 28 heavy (non-hydrogen) atoms. The van der Waals surface area contributed by atoms with E-state index in [4.69, 9.17) is 9.47 Å². The van der Waals surface area contributed by atoms with Gasteiger partial charge in [0.1, 0.15) is 11.5 Å². The molecule has 9 heteroatoms. The average Bonchev–Trinajstić information content (AvgIpc) is 2.66. The Morgan fingerprint density at radius 1 is 1.00 bits per heavy atom. The normalized spacial score (nSPS) is 11.0. The Bertz CT molecular complexity index is 825. The minimum atomic E-state index is -4.48. The van der Waals surface area contributed by atoms with Crippen molar-refractivity contribution in [1.82, 2.24) is 10.6 Å². The molecule has 2 amide bonds. The second-order valence-electron chi connectivity index (χ2n) is 5.68. The van der Waals surface area contributed by atoms with Crippen LogP contribution in [0.1, 0.15) is 15.9 Å². The molecular weight excluding hydrogens is 377 g/mol. The third-order valence-corrected chi connectivity index (χ3v) is 3.53. The fraction of sp³-hybridized carbons (Fsp3) is 0.263. The lowest BCUT2D eigenvalue weighted by Crippen LogP contribution is -2.38. The first kappa shape index (κ1) is 21.2. The summed E-state index contributed by atoms with van der Waals surface area (Å²) in [5.41, 5.74) is -0.632. The van der Waals surface area contributed by atoms with E-state index in [1.165, 1.54) is 43.5 Å². The molecule has 0 aliphatic heterocycles.